The van der Waals surface area contributed by atoms with Gasteiger partial charge < -0.3 is 5.21 Å². The average molecular weight is 248 g/mol. The standard InChI is InChI=1S/C9H11BrFNO/c1-6(11)8-3-2-7(5-12-13)4-9(8)10/h2-4,6,12-13H,5H2,1H3. The molecule has 4 heteroatoms. The first-order valence-electron chi connectivity index (χ1n) is 3.94. The fourth-order valence-corrected chi connectivity index (χ4v) is 1.84. The van der Waals surface area contributed by atoms with Crippen LogP contribution in [0.15, 0.2) is 22.7 Å². The molecule has 1 unspecified atom stereocenters. The highest BCUT2D eigenvalue weighted by Gasteiger charge is 2.07. The highest BCUT2D eigenvalue weighted by molar-refractivity contribution is 9.10. The van der Waals surface area contributed by atoms with Gasteiger partial charge in [-0.05, 0) is 24.1 Å². The van der Waals surface area contributed by atoms with Crippen LogP contribution in [-0.2, 0) is 6.54 Å². The predicted molar refractivity (Wildman–Crippen MR) is 52.3 cm³/mol. The van der Waals surface area contributed by atoms with E-state index in [2.05, 4.69) is 15.9 Å². The largest absolute Gasteiger partial charge is 0.316 e. The summed E-state index contributed by atoms with van der Waals surface area (Å²) in [4.78, 5) is 0. The molecule has 0 aromatic heterocycles. The van der Waals surface area contributed by atoms with Gasteiger partial charge in [0.25, 0.3) is 0 Å². The number of nitrogens with one attached hydrogen (secondary N) is 1. The molecular formula is C9H11BrFNO. The molecule has 0 radical (unpaired) electrons. The Morgan fingerprint density at radius 1 is 1.62 bits per heavy atom. The first-order valence-corrected chi connectivity index (χ1v) is 4.73. The van der Waals surface area contributed by atoms with E-state index in [1.165, 1.54) is 6.92 Å². The summed E-state index contributed by atoms with van der Waals surface area (Å²) >= 11 is 3.27. The molecule has 0 aliphatic carbocycles. The van der Waals surface area contributed by atoms with E-state index in [0.717, 1.165) is 10.0 Å². The van der Waals surface area contributed by atoms with Crippen molar-refractivity contribution in [2.75, 3.05) is 0 Å². The summed E-state index contributed by atoms with van der Waals surface area (Å²) in [5, 5.41) is 8.45. The molecule has 0 spiro atoms. The maximum Gasteiger partial charge on any atom is 0.123 e. The predicted octanol–water partition coefficient (Wildman–Crippen LogP) is 2.96. The van der Waals surface area contributed by atoms with Gasteiger partial charge in [-0.1, -0.05) is 28.1 Å². The number of halogens is 2. The Bertz CT molecular complexity index is 291. The molecule has 0 heterocycles. The lowest BCUT2D eigenvalue weighted by atomic mass is 10.1. The molecule has 0 bridgehead atoms. The van der Waals surface area contributed by atoms with Gasteiger partial charge in [0.05, 0.1) is 0 Å². The molecule has 1 rings (SSSR count). The Hall–Kier alpha value is -0.450. The summed E-state index contributed by atoms with van der Waals surface area (Å²) in [5.74, 6) is 0. The van der Waals surface area contributed by atoms with Crippen molar-refractivity contribution < 1.29 is 9.60 Å². The lowest BCUT2D eigenvalue weighted by Crippen LogP contribution is -2.06. The number of alkyl halides is 1. The van der Waals surface area contributed by atoms with Crippen LogP contribution in [0, 0.1) is 0 Å². The molecule has 72 valence electrons. The van der Waals surface area contributed by atoms with Gasteiger partial charge in [-0.2, -0.15) is 0 Å². The number of hydrogen-bond acceptors (Lipinski definition) is 2. The number of benzene rings is 1. The highest BCUT2D eigenvalue weighted by atomic mass is 79.9. The number of rotatable bonds is 3. The molecule has 0 aliphatic rings. The molecular weight excluding hydrogens is 237 g/mol. The van der Waals surface area contributed by atoms with E-state index in [1.807, 2.05) is 5.48 Å². The second kappa shape index (κ2) is 4.69. The van der Waals surface area contributed by atoms with E-state index in [0.29, 0.717) is 12.1 Å². The number of hydroxylamine groups is 1. The zero-order chi connectivity index (χ0) is 9.84. The van der Waals surface area contributed by atoms with Crippen molar-refractivity contribution >= 4 is 15.9 Å². The van der Waals surface area contributed by atoms with Crippen molar-refractivity contribution in [1.82, 2.24) is 5.48 Å². The summed E-state index contributed by atoms with van der Waals surface area (Å²) in [6.45, 7) is 1.85. The Morgan fingerprint density at radius 3 is 2.77 bits per heavy atom. The molecule has 2 nitrogen and oxygen atoms in total. The molecule has 0 saturated carbocycles. The van der Waals surface area contributed by atoms with E-state index in [-0.39, 0.29) is 0 Å². The van der Waals surface area contributed by atoms with Gasteiger partial charge in [0.15, 0.2) is 0 Å². The second-order valence-electron chi connectivity index (χ2n) is 2.81. The van der Waals surface area contributed by atoms with Crippen LogP contribution in [-0.4, -0.2) is 5.21 Å². The molecule has 1 aromatic carbocycles. The van der Waals surface area contributed by atoms with E-state index >= 15 is 0 Å². The monoisotopic (exact) mass is 247 g/mol. The SMILES string of the molecule is CC(F)c1ccc(CNO)cc1Br. The minimum Gasteiger partial charge on any atom is -0.316 e. The van der Waals surface area contributed by atoms with Crippen LogP contribution < -0.4 is 5.48 Å². The normalized spacial score (nSPS) is 12.9. The summed E-state index contributed by atoms with van der Waals surface area (Å²) in [6.07, 6.45) is -0.981. The van der Waals surface area contributed by atoms with Crippen molar-refractivity contribution in [2.24, 2.45) is 0 Å². The van der Waals surface area contributed by atoms with Gasteiger partial charge in [0.2, 0.25) is 0 Å². The lowest BCUT2D eigenvalue weighted by molar-refractivity contribution is 0.161. The van der Waals surface area contributed by atoms with Gasteiger partial charge in [0, 0.05) is 11.0 Å². The second-order valence-corrected chi connectivity index (χ2v) is 3.66. The van der Waals surface area contributed by atoms with Gasteiger partial charge in [-0.25, -0.2) is 9.87 Å². The fraction of sp³-hybridized carbons (Fsp3) is 0.333. The first kappa shape index (κ1) is 10.6. The molecule has 1 aromatic rings. The highest BCUT2D eigenvalue weighted by Crippen LogP contribution is 2.26. The van der Waals surface area contributed by atoms with Crippen LogP contribution >= 0.6 is 15.9 Å². The van der Waals surface area contributed by atoms with Crippen LogP contribution in [0.5, 0.6) is 0 Å². The topological polar surface area (TPSA) is 32.3 Å². The Morgan fingerprint density at radius 2 is 2.31 bits per heavy atom. The third kappa shape index (κ3) is 2.76. The van der Waals surface area contributed by atoms with Crippen molar-refractivity contribution in [3.05, 3.63) is 33.8 Å². The Labute approximate surface area is 84.9 Å². The van der Waals surface area contributed by atoms with Crippen LogP contribution in [0.4, 0.5) is 4.39 Å². The van der Waals surface area contributed by atoms with Crippen molar-refractivity contribution in [3.63, 3.8) is 0 Å². The molecule has 1 atom stereocenters. The van der Waals surface area contributed by atoms with Crippen molar-refractivity contribution in [2.45, 2.75) is 19.6 Å². The molecule has 0 aliphatic heterocycles. The van der Waals surface area contributed by atoms with Crippen LogP contribution in [0.2, 0.25) is 0 Å². The van der Waals surface area contributed by atoms with Gasteiger partial charge >= 0.3 is 0 Å². The Kier molecular flexibility index (Phi) is 3.84. The Balaban J connectivity index is 2.92. The maximum absolute atomic E-state index is 12.9. The molecule has 0 fully saturated rings. The summed E-state index contributed by atoms with van der Waals surface area (Å²) in [7, 11) is 0. The van der Waals surface area contributed by atoms with Crippen molar-refractivity contribution in [1.29, 1.82) is 0 Å². The van der Waals surface area contributed by atoms with E-state index in [1.54, 1.807) is 18.2 Å². The van der Waals surface area contributed by atoms with Gasteiger partial charge in [0.1, 0.15) is 6.17 Å². The van der Waals surface area contributed by atoms with E-state index < -0.39 is 6.17 Å². The lowest BCUT2D eigenvalue weighted by Gasteiger charge is -2.07. The molecule has 2 N–H and O–H groups in total. The van der Waals surface area contributed by atoms with Crippen molar-refractivity contribution in [3.8, 4) is 0 Å². The van der Waals surface area contributed by atoms with E-state index in [9.17, 15) is 4.39 Å². The smallest absolute Gasteiger partial charge is 0.123 e. The summed E-state index contributed by atoms with van der Waals surface area (Å²) in [6, 6.07) is 5.27. The summed E-state index contributed by atoms with van der Waals surface area (Å²) < 4.78 is 13.6. The minimum absolute atomic E-state index is 0.361. The van der Waals surface area contributed by atoms with Crippen LogP contribution in [0.25, 0.3) is 0 Å². The molecule has 0 amide bonds. The quantitative estimate of drug-likeness (QED) is 0.806. The van der Waals surface area contributed by atoms with Crippen LogP contribution in [0.1, 0.15) is 24.2 Å². The third-order valence-corrected chi connectivity index (χ3v) is 2.46. The first-order chi connectivity index (χ1) is 6.15. The maximum atomic E-state index is 12.9. The van der Waals surface area contributed by atoms with E-state index in [4.69, 9.17) is 5.21 Å². The zero-order valence-electron chi connectivity index (χ0n) is 7.22. The molecule has 13 heavy (non-hydrogen) atoms. The summed E-state index contributed by atoms with van der Waals surface area (Å²) in [5.41, 5.74) is 3.57. The van der Waals surface area contributed by atoms with Crippen LogP contribution in [0.3, 0.4) is 0 Å². The third-order valence-electron chi connectivity index (χ3n) is 1.78. The molecule has 0 saturated heterocycles. The van der Waals surface area contributed by atoms with Gasteiger partial charge in [-0.3, -0.25) is 0 Å². The fourth-order valence-electron chi connectivity index (χ4n) is 1.09. The van der Waals surface area contributed by atoms with Gasteiger partial charge in [-0.15, -0.1) is 0 Å². The number of hydrogen-bond donors (Lipinski definition) is 2. The zero-order valence-corrected chi connectivity index (χ0v) is 8.81. The minimum atomic E-state index is -0.981. The average Bonchev–Trinajstić information content (AvgIpc) is 2.04.